The second kappa shape index (κ2) is 5.69. The molecule has 1 fully saturated rings. The lowest BCUT2D eigenvalue weighted by Crippen LogP contribution is -2.13. The molecule has 2 N–H and O–H groups in total. The number of ether oxygens (including phenoxy) is 1. The molecule has 0 amide bonds. The Morgan fingerprint density at radius 2 is 2.19 bits per heavy atom. The largest absolute Gasteiger partial charge is 0.399 e. The van der Waals surface area contributed by atoms with Crippen LogP contribution in [-0.4, -0.2) is 6.61 Å². The fourth-order valence-corrected chi connectivity index (χ4v) is 2.41. The third-order valence-electron chi connectivity index (χ3n) is 3.23. The van der Waals surface area contributed by atoms with Crippen LogP contribution in [0.3, 0.4) is 0 Å². The van der Waals surface area contributed by atoms with E-state index in [0.717, 1.165) is 22.7 Å². The summed E-state index contributed by atoms with van der Waals surface area (Å²) < 4.78 is 6.71. The Bertz CT molecular complexity index is 350. The molecule has 1 aliphatic carbocycles. The van der Waals surface area contributed by atoms with Crippen molar-refractivity contribution in [2.45, 2.75) is 32.3 Å². The molecule has 0 heterocycles. The predicted molar refractivity (Wildman–Crippen MR) is 70.2 cm³/mol. The number of nitrogens with two attached hydrogens (primary N) is 1. The fraction of sp³-hybridized carbons (Fsp3) is 0.538. The molecule has 3 heteroatoms. The van der Waals surface area contributed by atoms with Gasteiger partial charge in [-0.1, -0.05) is 41.3 Å². The van der Waals surface area contributed by atoms with Crippen molar-refractivity contribution in [1.82, 2.24) is 0 Å². The normalized spacial score (nSPS) is 16.1. The molecule has 0 radical (unpaired) electrons. The summed E-state index contributed by atoms with van der Waals surface area (Å²) in [7, 11) is 0. The zero-order chi connectivity index (χ0) is 11.4. The summed E-state index contributed by atoms with van der Waals surface area (Å²) in [5, 5.41) is 0. The molecule has 1 aromatic carbocycles. The first kappa shape index (κ1) is 11.9. The van der Waals surface area contributed by atoms with Crippen LogP contribution in [0.2, 0.25) is 0 Å². The minimum absolute atomic E-state index is 0.674. The van der Waals surface area contributed by atoms with Gasteiger partial charge in [0.1, 0.15) is 0 Å². The fourth-order valence-electron chi connectivity index (χ4n) is 1.89. The highest BCUT2D eigenvalue weighted by molar-refractivity contribution is 9.10. The van der Waals surface area contributed by atoms with Gasteiger partial charge in [0, 0.05) is 16.8 Å². The van der Waals surface area contributed by atoms with Crippen molar-refractivity contribution in [2.75, 3.05) is 12.3 Å². The molecule has 2 nitrogen and oxygen atoms in total. The van der Waals surface area contributed by atoms with Gasteiger partial charge in [-0.2, -0.15) is 0 Å². The summed E-state index contributed by atoms with van der Waals surface area (Å²) in [4.78, 5) is 0. The lowest BCUT2D eigenvalue weighted by atomic mass is 9.83. The first-order valence-electron chi connectivity index (χ1n) is 5.87. The molecule has 2 rings (SSSR count). The Morgan fingerprint density at radius 3 is 2.81 bits per heavy atom. The molecule has 0 unspecified atom stereocenters. The van der Waals surface area contributed by atoms with E-state index in [1.54, 1.807) is 0 Å². The zero-order valence-corrected chi connectivity index (χ0v) is 11.0. The van der Waals surface area contributed by atoms with Crippen LogP contribution < -0.4 is 5.73 Å². The quantitative estimate of drug-likeness (QED) is 0.660. The van der Waals surface area contributed by atoms with E-state index in [4.69, 9.17) is 10.5 Å². The molecule has 0 spiro atoms. The van der Waals surface area contributed by atoms with Crippen molar-refractivity contribution in [3.8, 4) is 0 Å². The Hall–Kier alpha value is -0.540. The molecule has 0 atom stereocenters. The Morgan fingerprint density at radius 1 is 1.38 bits per heavy atom. The zero-order valence-electron chi connectivity index (χ0n) is 9.42. The Kier molecular flexibility index (Phi) is 4.24. The lowest BCUT2D eigenvalue weighted by molar-refractivity contribution is 0.0947. The smallest absolute Gasteiger partial charge is 0.0727 e. The van der Waals surface area contributed by atoms with Gasteiger partial charge in [-0.25, -0.2) is 0 Å². The molecule has 0 saturated heterocycles. The lowest BCUT2D eigenvalue weighted by Gasteiger charge is -2.24. The second-order valence-corrected chi connectivity index (χ2v) is 5.34. The minimum atomic E-state index is 0.674. The van der Waals surface area contributed by atoms with Gasteiger partial charge in [-0.3, -0.25) is 0 Å². The van der Waals surface area contributed by atoms with Crippen molar-refractivity contribution in [2.24, 2.45) is 5.92 Å². The summed E-state index contributed by atoms with van der Waals surface area (Å²) in [5.41, 5.74) is 7.63. The van der Waals surface area contributed by atoms with Crippen LogP contribution in [0.25, 0.3) is 0 Å². The van der Waals surface area contributed by atoms with E-state index in [-0.39, 0.29) is 0 Å². The van der Waals surface area contributed by atoms with E-state index in [1.807, 2.05) is 18.2 Å². The Labute approximate surface area is 105 Å². The van der Waals surface area contributed by atoms with E-state index in [1.165, 1.54) is 31.2 Å². The molecular weight excluding hydrogens is 266 g/mol. The summed E-state index contributed by atoms with van der Waals surface area (Å²) in [6.07, 6.45) is 5.42. The standard InChI is InChI=1S/C13H18BrNO/c14-13-8-12(15)5-4-11(13)9-16-7-6-10-2-1-3-10/h4-5,8,10H,1-3,6-7,9,15H2. The highest BCUT2D eigenvalue weighted by Crippen LogP contribution is 2.29. The topological polar surface area (TPSA) is 35.2 Å². The molecule has 16 heavy (non-hydrogen) atoms. The number of hydrogen-bond acceptors (Lipinski definition) is 2. The number of benzene rings is 1. The third kappa shape index (κ3) is 3.22. The molecule has 1 aliphatic rings. The molecule has 0 aromatic heterocycles. The second-order valence-electron chi connectivity index (χ2n) is 4.49. The van der Waals surface area contributed by atoms with E-state index >= 15 is 0 Å². The van der Waals surface area contributed by atoms with Crippen LogP contribution in [0, 0.1) is 5.92 Å². The van der Waals surface area contributed by atoms with Crippen LogP contribution >= 0.6 is 15.9 Å². The molecule has 0 bridgehead atoms. The summed E-state index contributed by atoms with van der Waals surface area (Å²) in [6.45, 7) is 1.55. The van der Waals surface area contributed by atoms with Gasteiger partial charge in [-0.05, 0) is 30.0 Å². The Balaban J connectivity index is 1.71. The van der Waals surface area contributed by atoms with E-state index < -0.39 is 0 Å². The van der Waals surface area contributed by atoms with Crippen molar-refractivity contribution >= 4 is 21.6 Å². The first-order chi connectivity index (χ1) is 7.75. The van der Waals surface area contributed by atoms with Crippen LogP contribution in [0.1, 0.15) is 31.2 Å². The number of nitrogen functional groups attached to an aromatic ring is 1. The van der Waals surface area contributed by atoms with Gasteiger partial charge in [0.25, 0.3) is 0 Å². The van der Waals surface area contributed by atoms with Gasteiger partial charge in [0.05, 0.1) is 6.61 Å². The molecule has 88 valence electrons. The monoisotopic (exact) mass is 283 g/mol. The number of hydrogen-bond donors (Lipinski definition) is 1. The average Bonchev–Trinajstić information content (AvgIpc) is 2.18. The van der Waals surface area contributed by atoms with Crippen molar-refractivity contribution in [1.29, 1.82) is 0 Å². The van der Waals surface area contributed by atoms with Gasteiger partial charge in [0.2, 0.25) is 0 Å². The van der Waals surface area contributed by atoms with Crippen LogP contribution in [-0.2, 0) is 11.3 Å². The van der Waals surface area contributed by atoms with Crippen LogP contribution in [0.5, 0.6) is 0 Å². The first-order valence-corrected chi connectivity index (χ1v) is 6.66. The van der Waals surface area contributed by atoms with E-state index in [9.17, 15) is 0 Å². The van der Waals surface area contributed by atoms with E-state index in [2.05, 4.69) is 15.9 Å². The van der Waals surface area contributed by atoms with Crippen LogP contribution in [0.4, 0.5) is 5.69 Å². The predicted octanol–water partition coefficient (Wildman–Crippen LogP) is 3.74. The number of halogens is 1. The van der Waals surface area contributed by atoms with Crippen LogP contribution in [0.15, 0.2) is 22.7 Å². The summed E-state index contributed by atoms with van der Waals surface area (Å²) in [5.74, 6) is 0.926. The van der Waals surface area contributed by atoms with Gasteiger partial charge in [-0.15, -0.1) is 0 Å². The molecule has 1 saturated carbocycles. The maximum absolute atomic E-state index is 5.68. The molecule has 1 aromatic rings. The third-order valence-corrected chi connectivity index (χ3v) is 3.97. The van der Waals surface area contributed by atoms with Crippen molar-refractivity contribution in [3.63, 3.8) is 0 Å². The van der Waals surface area contributed by atoms with Crippen molar-refractivity contribution in [3.05, 3.63) is 28.2 Å². The summed E-state index contributed by atoms with van der Waals surface area (Å²) >= 11 is 3.49. The van der Waals surface area contributed by atoms with Gasteiger partial charge >= 0.3 is 0 Å². The number of rotatable bonds is 5. The van der Waals surface area contributed by atoms with E-state index in [0.29, 0.717) is 6.61 Å². The summed E-state index contributed by atoms with van der Waals surface area (Å²) in [6, 6.07) is 5.85. The molecule has 0 aliphatic heterocycles. The highest BCUT2D eigenvalue weighted by Gasteiger charge is 2.16. The maximum Gasteiger partial charge on any atom is 0.0727 e. The average molecular weight is 284 g/mol. The van der Waals surface area contributed by atoms with Crippen molar-refractivity contribution < 1.29 is 4.74 Å². The van der Waals surface area contributed by atoms with Gasteiger partial charge < -0.3 is 10.5 Å². The highest BCUT2D eigenvalue weighted by atomic mass is 79.9. The SMILES string of the molecule is Nc1ccc(COCCC2CCC2)c(Br)c1. The molecular formula is C13H18BrNO. The van der Waals surface area contributed by atoms with Gasteiger partial charge in [0.15, 0.2) is 0 Å². The minimum Gasteiger partial charge on any atom is -0.399 e. The number of anilines is 1. The maximum atomic E-state index is 5.68.